The fourth-order valence-corrected chi connectivity index (χ4v) is 1.58. The second-order valence-corrected chi connectivity index (χ2v) is 4.12. The van der Waals surface area contributed by atoms with Gasteiger partial charge in [-0.1, -0.05) is 78.9 Å². The molecule has 0 unspecified atom stereocenters. The SMILES string of the molecule is Oc1ccccc1.[B].[B].[CH3-].[Hf].[Zr+2].c1ccc([N-]c2ccccc2)cc1. The largest absolute Gasteiger partial charge is 2.00 e. The van der Waals surface area contributed by atoms with Gasteiger partial charge in [0.15, 0.2) is 0 Å². The predicted octanol–water partition coefficient (Wildman–Crippen LogP) is 5.10. The minimum atomic E-state index is 0. The number of nitrogens with zero attached hydrogens (tertiary/aromatic N) is 1. The van der Waals surface area contributed by atoms with Gasteiger partial charge < -0.3 is 17.8 Å². The maximum Gasteiger partial charge on any atom is 2.00 e. The number of aromatic hydroxyl groups is 1. The second kappa shape index (κ2) is 19.5. The van der Waals surface area contributed by atoms with E-state index in [0.29, 0.717) is 5.75 Å². The van der Waals surface area contributed by atoms with Crippen molar-refractivity contribution >= 4 is 28.2 Å². The fourth-order valence-electron chi connectivity index (χ4n) is 1.58. The minimum absolute atomic E-state index is 0. The van der Waals surface area contributed by atoms with Gasteiger partial charge in [0.05, 0.1) is 0 Å². The van der Waals surface area contributed by atoms with Crippen LogP contribution < -0.4 is 0 Å². The molecule has 3 aromatic rings. The van der Waals surface area contributed by atoms with Crippen molar-refractivity contribution in [1.29, 1.82) is 0 Å². The summed E-state index contributed by atoms with van der Waals surface area (Å²) >= 11 is 0. The van der Waals surface area contributed by atoms with E-state index < -0.39 is 0 Å². The van der Waals surface area contributed by atoms with E-state index in [9.17, 15) is 0 Å². The molecule has 25 heavy (non-hydrogen) atoms. The summed E-state index contributed by atoms with van der Waals surface area (Å²) in [5, 5.41) is 13.1. The van der Waals surface area contributed by atoms with Crippen molar-refractivity contribution in [2.24, 2.45) is 0 Å². The zero-order chi connectivity index (χ0) is 14.0. The molecule has 0 saturated heterocycles. The van der Waals surface area contributed by atoms with E-state index in [4.69, 9.17) is 5.11 Å². The average molecular weight is 569 g/mol. The van der Waals surface area contributed by atoms with Gasteiger partial charge in [0, 0.05) is 42.7 Å². The maximum atomic E-state index is 8.63. The van der Waals surface area contributed by atoms with Crippen LogP contribution in [0, 0.1) is 7.43 Å². The molecule has 0 atom stereocenters. The van der Waals surface area contributed by atoms with Crippen LogP contribution in [0.4, 0.5) is 11.4 Å². The van der Waals surface area contributed by atoms with E-state index in [1.165, 1.54) is 0 Å². The number of phenols is 1. The number of para-hydroxylation sites is 3. The molecule has 6 heteroatoms. The van der Waals surface area contributed by atoms with Gasteiger partial charge in [-0.25, -0.2) is 0 Å². The molecule has 0 aliphatic rings. The van der Waals surface area contributed by atoms with Gasteiger partial charge in [-0.05, 0) is 12.1 Å². The summed E-state index contributed by atoms with van der Waals surface area (Å²) < 4.78 is 0. The average Bonchev–Trinajstić information content (AvgIpc) is 2.51. The zero-order valence-electron chi connectivity index (χ0n) is 14.2. The summed E-state index contributed by atoms with van der Waals surface area (Å²) in [5.41, 5.74) is 1.99. The monoisotopic (exact) mass is 569 g/mol. The molecule has 2 nitrogen and oxygen atoms in total. The first-order valence-electron chi connectivity index (χ1n) is 6.40. The molecule has 6 radical (unpaired) electrons. The molecular formula is C19H19B2HfNOZr. The van der Waals surface area contributed by atoms with Crippen LogP contribution in [0.25, 0.3) is 5.32 Å². The Morgan fingerprint density at radius 2 is 0.840 bits per heavy atom. The van der Waals surface area contributed by atoms with Crippen molar-refractivity contribution < 1.29 is 57.2 Å². The number of phenolic OH excluding ortho intramolecular Hbond substituents is 1. The van der Waals surface area contributed by atoms with Gasteiger partial charge in [0.25, 0.3) is 0 Å². The van der Waals surface area contributed by atoms with E-state index in [0.717, 1.165) is 11.4 Å². The van der Waals surface area contributed by atoms with Crippen LogP contribution in [0.15, 0.2) is 91.0 Å². The Bertz CT molecular complexity index is 579. The molecule has 3 rings (SSSR count). The summed E-state index contributed by atoms with van der Waals surface area (Å²) in [6, 6.07) is 28.6. The smallest absolute Gasteiger partial charge is 0.658 e. The Morgan fingerprint density at radius 3 is 1.08 bits per heavy atom. The van der Waals surface area contributed by atoms with Crippen molar-refractivity contribution in [1.82, 2.24) is 0 Å². The van der Waals surface area contributed by atoms with Gasteiger partial charge in [-0.3, -0.25) is 0 Å². The van der Waals surface area contributed by atoms with Crippen LogP contribution in [0.2, 0.25) is 0 Å². The first-order chi connectivity index (χ1) is 9.84. The maximum absolute atomic E-state index is 8.63. The summed E-state index contributed by atoms with van der Waals surface area (Å²) in [7, 11) is 0. The third kappa shape index (κ3) is 14.0. The van der Waals surface area contributed by atoms with Crippen LogP contribution in [0.5, 0.6) is 5.75 Å². The first kappa shape index (κ1) is 31.9. The van der Waals surface area contributed by atoms with Crippen molar-refractivity contribution in [3.05, 3.63) is 104 Å². The first-order valence-corrected chi connectivity index (χ1v) is 6.40. The van der Waals surface area contributed by atoms with Crippen LogP contribution in [-0.4, -0.2) is 21.9 Å². The molecule has 0 aliphatic carbocycles. The summed E-state index contributed by atoms with van der Waals surface area (Å²) in [6.07, 6.45) is 0. The number of hydrogen-bond donors (Lipinski definition) is 1. The van der Waals surface area contributed by atoms with E-state index in [1.807, 2.05) is 66.7 Å². The number of hydrogen-bond acceptors (Lipinski definition) is 1. The van der Waals surface area contributed by atoms with E-state index in [1.54, 1.807) is 24.3 Å². The van der Waals surface area contributed by atoms with Gasteiger partial charge >= 0.3 is 26.2 Å². The molecule has 3 aromatic carbocycles. The standard InChI is InChI=1S/C12H10N.C6H6O.CH3.2B.Hf.Zr/c1-3-7-11(8-4-1)13-12-9-5-2-6-10-12;7-6-4-2-1-3-5-6;;;;;/h1-10H;1-5,7H;1H3;;;;/q-1;;-1;;;;+2. The third-order valence-electron chi connectivity index (χ3n) is 2.53. The van der Waals surface area contributed by atoms with Crippen molar-refractivity contribution in [2.75, 3.05) is 0 Å². The van der Waals surface area contributed by atoms with Crippen LogP contribution in [-0.2, 0) is 52.0 Å². The van der Waals surface area contributed by atoms with Crippen molar-refractivity contribution in [2.45, 2.75) is 0 Å². The molecule has 0 aromatic heterocycles. The molecule has 0 saturated carbocycles. The molecule has 0 aliphatic heterocycles. The predicted molar refractivity (Wildman–Crippen MR) is 102 cm³/mol. The third-order valence-corrected chi connectivity index (χ3v) is 2.53. The fraction of sp³-hybridized carbons (Fsp3) is 0. The van der Waals surface area contributed by atoms with E-state index in [-0.39, 0.29) is 76.3 Å². The Hall–Kier alpha value is -0.857. The van der Waals surface area contributed by atoms with E-state index in [2.05, 4.69) is 5.32 Å². The summed E-state index contributed by atoms with van der Waals surface area (Å²) in [6.45, 7) is 0. The van der Waals surface area contributed by atoms with Gasteiger partial charge in [-0.2, -0.15) is 0 Å². The zero-order valence-corrected chi connectivity index (χ0v) is 20.3. The van der Waals surface area contributed by atoms with Crippen LogP contribution >= 0.6 is 0 Å². The molecule has 0 spiro atoms. The Morgan fingerprint density at radius 1 is 0.560 bits per heavy atom. The Balaban J connectivity index is -0.000000163. The Labute approximate surface area is 193 Å². The molecule has 120 valence electrons. The molecule has 1 N–H and O–H groups in total. The Kier molecular flexibility index (Phi) is 24.8. The summed E-state index contributed by atoms with van der Waals surface area (Å²) in [5.74, 6) is 0.322. The molecule has 0 amide bonds. The number of benzene rings is 3. The number of rotatable bonds is 2. The quantitative estimate of drug-likeness (QED) is 0.339. The molecule has 0 fully saturated rings. The van der Waals surface area contributed by atoms with Gasteiger partial charge in [0.2, 0.25) is 0 Å². The molecular weight excluding hydrogens is 550 g/mol. The topological polar surface area (TPSA) is 34.3 Å². The van der Waals surface area contributed by atoms with Gasteiger partial charge in [0.1, 0.15) is 5.75 Å². The van der Waals surface area contributed by atoms with Crippen LogP contribution in [0.3, 0.4) is 0 Å². The molecule has 0 heterocycles. The van der Waals surface area contributed by atoms with Gasteiger partial charge in [-0.15, -0.1) is 11.4 Å². The second-order valence-electron chi connectivity index (χ2n) is 4.12. The van der Waals surface area contributed by atoms with Crippen LogP contribution in [0.1, 0.15) is 0 Å². The van der Waals surface area contributed by atoms with Crippen molar-refractivity contribution in [3.63, 3.8) is 0 Å². The normalized spacial score (nSPS) is 7.36. The summed E-state index contributed by atoms with van der Waals surface area (Å²) in [4.78, 5) is 0. The molecule has 0 bridgehead atoms. The van der Waals surface area contributed by atoms with Crippen molar-refractivity contribution in [3.8, 4) is 5.75 Å². The van der Waals surface area contributed by atoms with E-state index >= 15 is 0 Å². The minimum Gasteiger partial charge on any atom is -0.658 e.